The van der Waals surface area contributed by atoms with Crippen molar-refractivity contribution in [3.63, 3.8) is 0 Å². The van der Waals surface area contributed by atoms with Gasteiger partial charge >= 0.3 is 0 Å². The highest BCUT2D eigenvalue weighted by Gasteiger charge is 2.02. The van der Waals surface area contributed by atoms with Gasteiger partial charge in [-0.2, -0.15) is 0 Å². The number of aryl methyl sites for hydroxylation is 1. The smallest absolute Gasteiger partial charge is 0.210 e. The predicted octanol–water partition coefficient (Wildman–Crippen LogP) is 2.01. The van der Waals surface area contributed by atoms with Gasteiger partial charge in [0.05, 0.1) is 5.69 Å². The topological polar surface area (TPSA) is 62.4 Å². The van der Waals surface area contributed by atoms with Crippen LogP contribution < -0.4 is 16.6 Å². The molecule has 0 bridgehead atoms. The molecule has 0 saturated heterocycles. The number of nitrogens with one attached hydrogen (secondary N) is 2. The summed E-state index contributed by atoms with van der Waals surface area (Å²) in [6.45, 7) is 4.66. The van der Waals surface area contributed by atoms with Crippen molar-refractivity contribution in [2.45, 2.75) is 13.8 Å². The number of hydrogen-bond acceptors (Lipinski definition) is 2. The van der Waals surface area contributed by atoms with Crippen LogP contribution in [0.5, 0.6) is 0 Å². The first-order chi connectivity index (χ1) is 7.17. The second-order valence-corrected chi connectivity index (χ2v) is 3.93. The Hall–Kier alpha value is -1.07. The Kier molecular flexibility index (Phi) is 4.58. The van der Waals surface area contributed by atoms with Gasteiger partial charge in [0.1, 0.15) is 0 Å². The van der Waals surface area contributed by atoms with Crippen molar-refractivity contribution in [3.8, 4) is 0 Å². The van der Waals surface area contributed by atoms with E-state index in [2.05, 4.69) is 31.7 Å². The van der Waals surface area contributed by atoms with Crippen LogP contribution in [0.4, 0.5) is 5.69 Å². The molecule has 1 aromatic rings. The minimum atomic E-state index is 0.559. The molecule has 0 spiro atoms. The highest BCUT2D eigenvalue weighted by atomic mass is 79.9. The van der Waals surface area contributed by atoms with Crippen LogP contribution in [0, 0.1) is 6.92 Å². The Labute approximate surface area is 98.1 Å². The third-order valence-corrected chi connectivity index (χ3v) is 2.52. The summed E-state index contributed by atoms with van der Waals surface area (Å²) in [6.07, 6.45) is 0. The number of nitrogens with zero attached hydrogens (tertiary/aromatic N) is 1. The minimum absolute atomic E-state index is 0.559. The molecule has 0 aliphatic heterocycles. The minimum Gasteiger partial charge on any atom is -0.324 e. The molecule has 0 saturated carbocycles. The van der Waals surface area contributed by atoms with Crippen molar-refractivity contribution in [2.75, 3.05) is 11.9 Å². The average Bonchev–Trinajstić information content (AvgIpc) is 2.22. The normalized spacial score (nSPS) is 11.3. The van der Waals surface area contributed by atoms with Crippen molar-refractivity contribution in [3.05, 3.63) is 28.2 Å². The van der Waals surface area contributed by atoms with E-state index in [9.17, 15) is 0 Å². The summed E-state index contributed by atoms with van der Waals surface area (Å²) in [7, 11) is 0. The summed E-state index contributed by atoms with van der Waals surface area (Å²) >= 11 is 3.45. The Balaban J connectivity index is 2.87. The standard InChI is InChI=1S/C10H15BrN4/c1-3-13-10(15-12)14-9-6-7(2)4-5-8(9)11/h4-6H,3,12H2,1-2H3,(H2,13,14,15). The van der Waals surface area contributed by atoms with E-state index in [0.717, 1.165) is 10.2 Å². The number of hydrogen-bond donors (Lipinski definition) is 3. The summed E-state index contributed by atoms with van der Waals surface area (Å²) in [5.41, 5.74) is 4.64. The molecule has 1 rings (SSSR count). The second-order valence-electron chi connectivity index (χ2n) is 3.08. The zero-order valence-electron chi connectivity index (χ0n) is 8.84. The molecule has 0 fully saturated rings. The largest absolute Gasteiger partial charge is 0.324 e. The SMILES string of the molecule is CCN=C(NN)Nc1cc(C)ccc1Br. The van der Waals surface area contributed by atoms with Crippen molar-refractivity contribution >= 4 is 27.6 Å². The molecule has 4 nitrogen and oxygen atoms in total. The van der Waals surface area contributed by atoms with E-state index in [0.29, 0.717) is 12.5 Å². The summed E-state index contributed by atoms with van der Waals surface area (Å²) in [5, 5.41) is 3.11. The molecule has 0 radical (unpaired) electrons. The number of anilines is 1. The first kappa shape index (κ1) is 12.0. The Morgan fingerprint density at radius 1 is 1.53 bits per heavy atom. The Bertz CT molecular complexity index is 362. The van der Waals surface area contributed by atoms with Crippen molar-refractivity contribution in [1.29, 1.82) is 0 Å². The molecule has 0 unspecified atom stereocenters. The molecular weight excluding hydrogens is 256 g/mol. The third kappa shape index (κ3) is 3.53. The van der Waals surface area contributed by atoms with Gasteiger partial charge in [0.15, 0.2) is 0 Å². The summed E-state index contributed by atoms with van der Waals surface area (Å²) < 4.78 is 0.979. The molecule has 15 heavy (non-hydrogen) atoms. The summed E-state index contributed by atoms with van der Waals surface area (Å²) in [4.78, 5) is 4.16. The highest BCUT2D eigenvalue weighted by Crippen LogP contribution is 2.22. The predicted molar refractivity (Wildman–Crippen MR) is 67.8 cm³/mol. The maximum absolute atomic E-state index is 5.34. The lowest BCUT2D eigenvalue weighted by Crippen LogP contribution is -2.36. The number of aliphatic imine (C=N–C) groups is 1. The molecule has 0 aliphatic carbocycles. The first-order valence-corrected chi connectivity index (χ1v) is 5.51. The second kappa shape index (κ2) is 5.72. The lowest BCUT2D eigenvalue weighted by Gasteiger charge is -2.11. The van der Waals surface area contributed by atoms with Crippen LogP contribution >= 0.6 is 15.9 Å². The zero-order chi connectivity index (χ0) is 11.3. The number of halogens is 1. The molecule has 0 aliphatic rings. The van der Waals surface area contributed by atoms with Crippen molar-refractivity contribution < 1.29 is 0 Å². The van der Waals surface area contributed by atoms with Gasteiger partial charge < -0.3 is 5.32 Å². The number of guanidine groups is 1. The molecule has 1 aromatic carbocycles. The maximum atomic E-state index is 5.34. The van der Waals surface area contributed by atoms with Gasteiger partial charge in [-0.15, -0.1) is 0 Å². The number of benzene rings is 1. The van der Waals surface area contributed by atoms with Crippen molar-refractivity contribution in [2.24, 2.45) is 10.8 Å². The fourth-order valence-electron chi connectivity index (χ4n) is 1.14. The van der Waals surface area contributed by atoms with E-state index in [1.54, 1.807) is 0 Å². The first-order valence-electron chi connectivity index (χ1n) is 4.71. The van der Waals surface area contributed by atoms with Crippen LogP contribution in [0.3, 0.4) is 0 Å². The van der Waals surface area contributed by atoms with Crippen LogP contribution in [0.1, 0.15) is 12.5 Å². The van der Waals surface area contributed by atoms with Gasteiger partial charge in [0, 0.05) is 11.0 Å². The van der Waals surface area contributed by atoms with Gasteiger partial charge in [-0.1, -0.05) is 6.07 Å². The summed E-state index contributed by atoms with van der Waals surface area (Å²) in [6, 6.07) is 6.03. The fourth-order valence-corrected chi connectivity index (χ4v) is 1.49. The quantitative estimate of drug-likeness (QED) is 0.334. The highest BCUT2D eigenvalue weighted by molar-refractivity contribution is 9.10. The van der Waals surface area contributed by atoms with Crippen molar-refractivity contribution in [1.82, 2.24) is 5.43 Å². The summed E-state index contributed by atoms with van der Waals surface area (Å²) in [5.74, 6) is 5.90. The van der Waals surface area contributed by atoms with Crippen LogP contribution in [-0.4, -0.2) is 12.5 Å². The van der Waals surface area contributed by atoms with Crippen LogP contribution in [0.25, 0.3) is 0 Å². The van der Waals surface area contributed by atoms with E-state index in [1.807, 2.05) is 32.0 Å². The molecule has 5 heteroatoms. The molecule has 4 N–H and O–H groups in total. The molecular formula is C10H15BrN4. The average molecular weight is 271 g/mol. The van der Waals surface area contributed by atoms with E-state index >= 15 is 0 Å². The fraction of sp³-hybridized carbons (Fsp3) is 0.300. The Morgan fingerprint density at radius 2 is 2.27 bits per heavy atom. The van der Waals surface area contributed by atoms with Crippen LogP contribution in [-0.2, 0) is 0 Å². The van der Waals surface area contributed by atoms with Gasteiger partial charge in [-0.05, 0) is 47.5 Å². The third-order valence-electron chi connectivity index (χ3n) is 1.83. The van der Waals surface area contributed by atoms with Gasteiger partial charge in [-0.3, -0.25) is 10.4 Å². The van der Waals surface area contributed by atoms with E-state index < -0.39 is 0 Å². The maximum Gasteiger partial charge on any atom is 0.210 e. The lowest BCUT2D eigenvalue weighted by atomic mass is 10.2. The lowest BCUT2D eigenvalue weighted by molar-refractivity contribution is 0.986. The number of nitrogens with two attached hydrogens (primary N) is 1. The van der Waals surface area contributed by atoms with E-state index in [1.165, 1.54) is 5.56 Å². The molecule has 0 heterocycles. The van der Waals surface area contributed by atoms with Gasteiger partial charge in [-0.25, -0.2) is 5.84 Å². The van der Waals surface area contributed by atoms with Gasteiger partial charge in [0.2, 0.25) is 5.96 Å². The molecule has 0 aromatic heterocycles. The van der Waals surface area contributed by atoms with Gasteiger partial charge in [0.25, 0.3) is 0 Å². The van der Waals surface area contributed by atoms with E-state index in [4.69, 9.17) is 5.84 Å². The number of rotatable bonds is 2. The monoisotopic (exact) mass is 270 g/mol. The van der Waals surface area contributed by atoms with E-state index in [-0.39, 0.29) is 0 Å². The zero-order valence-corrected chi connectivity index (χ0v) is 10.4. The van der Waals surface area contributed by atoms with Crippen LogP contribution in [0.15, 0.2) is 27.7 Å². The van der Waals surface area contributed by atoms with Crippen LogP contribution in [0.2, 0.25) is 0 Å². The molecule has 0 amide bonds. The Morgan fingerprint density at radius 3 is 2.87 bits per heavy atom. The number of hydrazine groups is 1. The molecule has 0 atom stereocenters. The molecule has 82 valence electrons.